The van der Waals surface area contributed by atoms with E-state index in [9.17, 15) is 43.2 Å². The standard InChI is InChI=1S/C68H132O17P2/c1-8-9-10-11-12-13-14-15-16-17-18-19-20-23-27-37-44-51-67(72)84-63(55-78-65(70)49-42-35-26-24-21-22-25-32-39-46-59(2)3)57-82-86(74,75)80-53-62(69)54-81-87(76,77)83-58-64(85-68(73)52-45-38-31-29-34-41-48-61(6)7)56-79-66(71)50-43-36-30-28-33-40-47-60(4)5/h59-64,69H,8-58H2,1-7H3,(H,74,75)(H,76,77)/t62-,63-,64-/m1/s1. The molecule has 19 heteroatoms. The summed E-state index contributed by atoms with van der Waals surface area (Å²) in [5, 5.41) is 10.6. The number of aliphatic hydroxyl groups is 1. The van der Waals surface area contributed by atoms with Crippen molar-refractivity contribution in [3.05, 3.63) is 0 Å². The van der Waals surface area contributed by atoms with E-state index < -0.39 is 97.5 Å². The van der Waals surface area contributed by atoms with Gasteiger partial charge in [0.1, 0.15) is 19.3 Å². The number of phosphoric ester groups is 2. The molecule has 0 aliphatic rings. The van der Waals surface area contributed by atoms with Gasteiger partial charge in [-0.25, -0.2) is 9.13 Å². The van der Waals surface area contributed by atoms with E-state index in [0.29, 0.717) is 37.5 Å². The Labute approximate surface area is 530 Å². The minimum Gasteiger partial charge on any atom is -0.462 e. The van der Waals surface area contributed by atoms with Gasteiger partial charge in [-0.1, -0.05) is 286 Å². The Balaban J connectivity index is 5.21. The first-order valence-electron chi connectivity index (χ1n) is 35.3. The summed E-state index contributed by atoms with van der Waals surface area (Å²) in [4.78, 5) is 72.3. The van der Waals surface area contributed by atoms with Crippen molar-refractivity contribution in [2.45, 2.75) is 356 Å². The second kappa shape index (κ2) is 59.1. The topological polar surface area (TPSA) is 237 Å². The first-order valence-corrected chi connectivity index (χ1v) is 38.3. The van der Waals surface area contributed by atoms with Crippen LogP contribution in [0.5, 0.6) is 0 Å². The highest BCUT2D eigenvalue weighted by Crippen LogP contribution is 2.45. The Hall–Kier alpha value is -1.94. The van der Waals surface area contributed by atoms with E-state index in [2.05, 4.69) is 48.5 Å². The molecule has 2 unspecified atom stereocenters. The predicted molar refractivity (Wildman–Crippen MR) is 349 cm³/mol. The molecule has 3 N–H and O–H groups in total. The van der Waals surface area contributed by atoms with Crippen LogP contribution in [0.25, 0.3) is 0 Å². The van der Waals surface area contributed by atoms with Gasteiger partial charge in [-0.15, -0.1) is 0 Å². The van der Waals surface area contributed by atoms with E-state index >= 15 is 0 Å². The Morgan fingerprint density at radius 2 is 0.529 bits per heavy atom. The second-order valence-corrected chi connectivity index (χ2v) is 28.9. The van der Waals surface area contributed by atoms with Crippen LogP contribution in [0.15, 0.2) is 0 Å². The van der Waals surface area contributed by atoms with E-state index in [4.69, 9.17) is 37.0 Å². The van der Waals surface area contributed by atoms with E-state index in [-0.39, 0.29) is 25.7 Å². The lowest BCUT2D eigenvalue weighted by molar-refractivity contribution is -0.161. The summed E-state index contributed by atoms with van der Waals surface area (Å²) < 4.78 is 68.1. The van der Waals surface area contributed by atoms with Crippen LogP contribution in [0.2, 0.25) is 0 Å². The van der Waals surface area contributed by atoms with Crippen LogP contribution >= 0.6 is 15.6 Å². The first kappa shape index (κ1) is 85.1. The summed E-state index contributed by atoms with van der Waals surface area (Å²) in [5.74, 6) is -0.0431. The molecule has 0 saturated carbocycles. The zero-order valence-corrected chi connectivity index (χ0v) is 58.3. The molecule has 0 rings (SSSR count). The van der Waals surface area contributed by atoms with Crippen molar-refractivity contribution in [1.82, 2.24) is 0 Å². The van der Waals surface area contributed by atoms with Crippen molar-refractivity contribution < 1.29 is 80.2 Å². The average molecular weight is 1280 g/mol. The normalized spacial score (nSPS) is 14.3. The van der Waals surface area contributed by atoms with E-state index in [0.717, 1.165) is 102 Å². The molecule has 0 spiro atoms. The number of rotatable bonds is 66. The summed E-state index contributed by atoms with van der Waals surface area (Å²) >= 11 is 0. The molecular weight excluding hydrogens is 1150 g/mol. The zero-order chi connectivity index (χ0) is 64.5. The molecule has 17 nitrogen and oxygen atoms in total. The van der Waals surface area contributed by atoms with Gasteiger partial charge in [-0.3, -0.25) is 37.3 Å². The lowest BCUT2D eigenvalue weighted by atomic mass is 10.0. The van der Waals surface area contributed by atoms with Crippen molar-refractivity contribution in [2.75, 3.05) is 39.6 Å². The molecule has 0 heterocycles. The molecule has 0 radical (unpaired) electrons. The monoisotopic (exact) mass is 1280 g/mol. The first-order chi connectivity index (χ1) is 41.7. The van der Waals surface area contributed by atoms with Crippen molar-refractivity contribution in [1.29, 1.82) is 0 Å². The fraction of sp³-hybridized carbons (Fsp3) is 0.941. The molecule has 0 aromatic carbocycles. The maximum Gasteiger partial charge on any atom is 0.472 e. The minimum absolute atomic E-state index is 0.101. The van der Waals surface area contributed by atoms with Gasteiger partial charge >= 0.3 is 39.5 Å². The number of carbonyl (C=O) groups is 4. The van der Waals surface area contributed by atoms with Crippen molar-refractivity contribution in [2.24, 2.45) is 17.8 Å². The number of hydrogen-bond donors (Lipinski definition) is 3. The van der Waals surface area contributed by atoms with Gasteiger partial charge in [0.15, 0.2) is 12.2 Å². The number of hydrogen-bond acceptors (Lipinski definition) is 15. The highest BCUT2D eigenvalue weighted by molar-refractivity contribution is 7.47. The number of aliphatic hydroxyl groups excluding tert-OH is 1. The number of esters is 4. The van der Waals surface area contributed by atoms with Crippen molar-refractivity contribution in [3.63, 3.8) is 0 Å². The lowest BCUT2D eigenvalue weighted by Crippen LogP contribution is -2.30. The van der Waals surface area contributed by atoms with Gasteiger partial charge in [-0.05, 0) is 43.4 Å². The molecule has 0 aromatic heterocycles. The van der Waals surface area contributed by atoms with Gasteiger partial charge in [-0.2, -0.15) is 0 Å². The highest BCUT2D eigenvalue weighted by Gasteiger charge is 2.30. The summed E-state index contributed by atoms with van der Waals surface area (Å²) in [6.45, 7) is 11.6. The molecule has 5 atom stereocenters. The predicted octanol–water partition coefficient (Wildman–Crippen LogP) is 19.1. The average Bonchev–Trinajstić information content (AvgIpc) is 3.47. The van der Waals surface area contributed by atoms with Crippen molar-refractivity contribution >= 4 is 39.5 Å². The Kier molecular flexibility index (Phi) is 57.8. The SMILES string of the molecule is CCCCCCCCCCCCCCCCCCCC(=O)O[C@H](COC(=O)CCCCCCCCCCCC(C)C)COP(=O)(O)OC[C@@H](O)COP(=O)(O)OC[C@@H](COC(=O)CCCCCCCCC(C)C)OC(=O)CCCCCCCCC(C)C. The third-order valence-electron chi connectivity index (χ3n) is 15.6. The van der Waals surface area contributed by atoms with Crippen molar-refractivity contribution in [3.8, 4) is 0 Å². The van der Waals surface area contributed by atoms with Crippen LogP contribution in [0, 0.1) is 17.8 Å². The molecule has 0 aliphatic carbocycles. The molecule has 0 amide bonds. The van der Waals surface area contributed by atoms with E-state index in [1.807, 2.05) is 0 Å². The largest absolute Gasteiger partial charge is 0.472 e. The Morgan fingerprint density at radius 3 is 0.782 bits per heavy atom. The summed E-state index contributed by atoms with van der Waals surface area (Å²) in [6, 6.07) is 0. The third kappa shape index (κ3) is 62.6. The minimum atomic E-state index is -4.95. The number of ether oxygens (including phenoxy) is 4. The van der Waals surface area contributed by atoms with Crippen LogP contribution in [0.4, 0.5) is 0 Å². The summed E-state index contributed by atoms with van der Waals surface area (Å²) in [6.07, 6.45) is 42.1. The number of unbranched alkanes of at least 4 members (excludes halogenated alkanes) is 34. The molecule has 0 fully saturated rings. The molecular formula is C68H132O17P2. The van der Waals surface area contributed by atoms with Gasteiger partial charge in [0, 0.05) is 25.7 Å². The molecule has 87 heavy (non-hydrogen) atoms. The van der Waals surface area contributed by atoms with Gasteiger partial charge in [0.25, 0.3) is 0 Å². The lowest BCUT2D eigenvalue weighted by Gasteiger charge is -2.21. The van der Waals surface area contributed by atoms with Crippen LogP contribution in [0.3, 0.4) is 0 Å². The highest BCUT2D eigenvalue weighted by atomic mass is 31.2. The Morgan fingerprint density at radius 1 is 0.310 bits per heavy atom. The van der Waals surface area contributed by atoms with Gasteiger partial charge in [0.2, 0.25) is 0 Å². The zero-order valence-electron chi connectivity index (χ0n) is 56.5. The van der Waals surface area contributed by atoms with Crippen LogP contribution in [-0.4, -0.2) is 96.7 Å². The molecule has 0 bridgehead atoms. The summed E-state index contributed by atoms with van der Waals surface area (Å²) in [7, 11) is -9.89. The van der Waals surface area contributed by atoms with Crippen LogP contribution < -0.4 is 0 Å². The van der Waals surface area contributed by atoms with Gasteiger partial charge in [0.05, 0.1) is 26.4 Å². The fourth-order valence-corrected chi connectivity index (χ4v) is 11.8. The van der Waals surface area contributed by atoms with Crippen LogP contribution in [0.1, 0.15) is 337 Å². The third-order valence-corrected chi connectivity index (χ3v) is 17.5. The molecule has 0 saturated heterocycles. The molecule has 0 aromatic rings. The van der Waals surface area contributed by atoms with E-state index in [1.54, 1.807) is 0 Å². The second-order valence-electron chi connectivity index (χ2n) is 26.0. The van der Waals surface area contributed by atoms with Crippen LogP contribution in [-0.2, 0) is 65.4 Å². The number of carbonyl (C=O) groups excluding carboxylic acids is 4. The fourth-order valence-electron chi connectivity index (χ4n) is 10.2. The molecule has 0 aliphatic heterocycles. The summed E-state index contributed by atoms with van der Waals surface area (Å²) in [5.41, 5.74) is 0. The van der Waals surface area contributed by atoms with E-state index in [1.165, 1.54) is 141 Å². The smallest absolute Gasteiger partial charge is 0.462 e. The quantitative estimate of drug-likeness (QED) is 0.0222. The Bertz CT molecular complexity index is 1720. The molecule has 516 valence electrons. The van der Waals surface area contributed by atoms with Gasteiger partial charge < -0.3 is 33.8 Å². The number of phosphoric acid groups is 2. The maximum absolute atomic E-state index is 13.0. The maximum atomic E-state index is 13.0.